The number of nitrogens with zero attached hydrogens (tertiary/aromatic N) is 2. The molecule has 2 aliphatic heterocycles. The smallest absolute Gasteiger partial charge is 0.234 e. The average Bonchev–Trinajstić information content (AvgIpc) is 3.71. The third-order valence-electron chi connectivity index (χ3n) is 14.4. The maximum absolute atomic E-state index is 14.3. The second-order valence-corrected chi connectivity index (χ2v) is 22.2. The van der Waals surface area contributed by atoms with Gasteiger partial charge < -0.3 is 5.32 Å². The molecule has 1 saturated heterocycles. The van der Waals surface area contributed by atoms with Gasteiger partial charge in [-0.25, -0.2) is 0 Å². The lowest BCUT2D eigenvalue weighted by Gasteiger charge is -2.38. The van der Waals surface area contributed by atoms with Crippen molar-refractivity contribution in [3.8, 4) is 0 Å². The number of hydrogen-bond acceptors (Lipinski definition) is 6. The van der Waals surface area contributed by atoms with Crippen molar-refractivity contribution in [3.05, 3.63) is 255 Å². The summed E-state index contributed by atoms with van der Waals surface area (Å²) in [5.41, 5.74) is 10.3. The maximum atomic E-state index is 14.3. The van der Waals surface area contributed by atoms with E-state index in [-0.39, 0.29) is 24.3 Å². The Bertz CT molecular complexity index is 2700. The Morgan fingerprint density at radius 3 is 1.50 bits per heavy atom. The lowest BCUT2D eigenvalue weighted by Crippen LogP contribution is -2.45. The Morgan fingerprint density at radius 2 is 1.06 bits per heavy atom. The van der Waals surface area contributed by atoms with E-state index < -0.39 is 9.49 Å². The summed E-state index contributed by atoms with van der Waals surface area (Å²) >= 11 is 16.7. The van der Waals surface area contributed by atoms with Crippen LogP contribution < -0.4 is 5.32 Å². The van der Waals surface area contributed by atoms with Crippen LogP contribution >= 0.6 is 46.7 Å². The first-order chi connectivity index (χ1) is 35.3. The van der Waals surface area contributed by atoms with Crippen molar-refractivity contribution in [2.45, 2.75) is 60.6 Å². The molecule has 0 aromatic heterocycles. The summed E-state index contributed by atoms with van der Waals surface area (Å²) in [6.45, 7) is 5.07. The molecule has 0 spiro atoms. The summed E-state index contributed by atoms with van der Waals surface area (Å²) in [5.74, 6) is 1.72. The van der Waals surface area contributed by atoms with Gasteiger partial charge >= 0.3 is 0 Å². The molecular weight excluding hydrogens is 966 g/mol. The van der Waals surface area contributed by atoms with E-state index in [2.05, 4.69) is 197 Å². The van der Waals surface area contributed by atoms with Crippen LogP contribution in [0.3, 0.4) is 0 Å². The second-order valence-electron chi connectivity index (χ2n) is 18.7. The number of halogens is 2. The molecule has 7 aromatic carbocycles. The van der Waals surface area contributed by atoms with Crippen molar-refractivity contribution in [2.24, 2.45) is 0 Å². The summed E-state index contributed by atoms with van der Waals surface area (Å²) < 4.78 is -0.931. The second kappa shape index (κ2) is 24.6. The van der Waals surface area contributed by atoms with Gasteiger partial charge in [0.05, 0.1) is 26.1 Å². The van der Waals surface area contributed by atoms with Crippen LogP contribution in [-0.4, -0.2) is 77.8 Å². The van der Waals surface area contributed by atoms with E-state index in [0.29, 0.717) is 41.4 Å². The molecule has 72 heavy (non-hydrogen) atoms. The highest BCUT2D eigenvalue weighted by Gasteiger charge is 2.43. The number of ketones is 1. The van der Waals surface area contributed by atoms with Crippen LogP contribution in [0.15, 0.2) is 206 Å². The van der Waals surface area contributed by atoms with Gasteiger partial charge in [-0.3, -0.25) is 19.4 Å². The number of carbonyl (C=O) groups excluding carboxylic acids is 2. The summed E-state index contributed by atoms with van der Waals surface area (Å²) in [6, 6.07) is 70.8. The van der Waals surface area contributed by atoms with Gasteiger partial charge in [0.15, 0.2) is 5.78 Å². The van der Waals surface area contributed by atoms with Gasteiger partial charge in [0.1, 0.15) is 0 Å². The largest absolute Gasteiger partial charge is 0.354 e. The molecule has 7 aromatic rings. The number of rotatable bonds is 23. The number of amides is 1. The van der Waals surface area contributed by atoms with Crippen molar-refractivity contribution in [1.82, 2.24) is 15.1 Å². The molecule has 2 heterocycles. The number of thioether (sulfide) groups is 2. The fraction of sp³-hybridized carbons (Fsp3) is 0.270. The van der Waals surface area contributed by atoms with Crippen LogP contribution in [0.2, 0.25) is 10.0 Å². The highest BCUT2D eigenvalue weighted by atomic mass is 35.5. The highest BCUT2D eigenvalue weighted by molar-refractivity contribution is 8.00. The number of carbonyl (C=O) groups is 2. The molecule has 1 fully saturated rings. The van der Waals surface area contributed by atoms with Gasteiger partial charge in [-0.15, -0.1) is 23.5 Å². The normalized spacial score (nSPS) is 16.0. The Morgan fingerprint density at radius 1 is 0.597 bits per heavy atom. The SMILES string of the molecule is CCC(=O)C1=C(c2ccc(Cl)c(Cl)c2)CC2CC[C@H]1N2CCCN(CCSC(c1ccccc1)(c1ccccc1)c1ccccc1)CC(=O)NCCSC(c1ccccc1)(c1ccccc1)c1ccccc1. The minimum atomic E-state index is -0.467. The van der Waals surface area contributed by atoms with Gasteiger partial charge in [0, 0.05) is 55.2 Å². The monoisotopic (exact) mass is 1030 g/mol. The number of benzene rings is 7. The van der Waals surface area contributed by atoms with Crippen molar-refractivity contribution in [2.75, 3.05) is 44.2 Å². The molecule has 9 heteroatoms. The molecule has 0 aliphatic carbocycles. The van der Waals surface area contributed by atoms with Crippen LogP contribution in [0, 0.1) is 0 Å². The first-order valence-corrected chi connectivity index (χ1v) is 28.1. The van der Waals surface area contributed by atoms with Crippen molar-refractivity contribution in [3.63, 3.8) is 0 Å². The third-order valence-corrected chi connectivity index (χ3v) is 18.3. The van der Waals surface area contributed by atoms with E-state index in [1.807, 2.05) is 48.6 Å². The van der Waals surface area contributed by atoms with Gasteiger partial charge in [-0.1, -0.05) is 218 Å². The highest BCUT2D eigenvalue weighted by Crippen LogP contribution is 2.50. The fourth-order valence-corrected chi connectivity index (χ4v) is 14.4. The average molecular weight is 1030 g/mol. The first kappa shape index (κ1) is 51.5. The molecule has 1 N–H and O–H groups in total. The van der Waals surface area contributed by atoms with E-state index in [4.69, 9.17) is 23.2 Å². The third kappa shape index (κ3) is 11.4. The Hall–Kier alpha value is -5.38. The summed E-state index contributed by atoms with van der Waals surface area (Å²) in [6.07, 6.45) is 4.12. The Labute approximate surface area is 445 Å². The fourth-order valence-electron chi connectivity index (χ4n) is 11.1. The first-order valence-electron chi connectivity index (χ1n) is 25.4. The molecule has 1 amide bonds. The van der Waals surface area contributed by atoms with Gasteiger partial charge in [-0.2, -0.15) is 0 Å². The van der Waals surface area contributed by atoms with Crippen LogP contribution in [0.5, 0.6) is 0 Å². The molecule has 368 valence electrons. The zero-order valence-corrected chi connectivity index (χ0v) is 44.1. The Kier molecular flexibility index (Phi) is 17.6. The zero-order valence-electron chi connectivity index (χ0n) is 41.0. The number of Topliss-reactive ketones (excluding diaryl/α,β-unsaturated/α-hetero) is 1. The number of nitrogens with one attached hydrogen (secondary N) is 1. The molecule has 5 nitrogen and oxygen atoms in total. The van der Waals surface area contributed by atoms with Crippen molar-refractivity contribution >= 4 is 64.0 Å². The van der Waals surface area contributed by atoms with Crippen LogP contribution in [0.25, 0.3) is 5.57 Å². The van der Waals surface area contributed by atoms with Crippen molar-refractivity contribution < 1.29 is 9.59 Å². The summed E-state index contributed by atoms with van der Waals surface area (Å²) in [5, 5.41) is 4.39. The number of fused-ring (bicyclic) bond motifs is 2. The van der Waals surface area contributed by atoms with Gasteiger partial charge in [0.25, 0.3) is 0 Å². The van der Waals surface area contributed by atoms with E-state index in [1.54, 1.807) is 0 Å². The van der Waals surface area contributed by atoms with E-state index in [1.165, 1.54) is 33.4 Å². The summed E-state index contributed by atoms with van der Waals surface area (Å²) in [7, 11) is 0. The molecule has 0 radical (unpaired) electrons. The predicted octanol–water partition coefficient (Wildman–Crippen LogP) is 14.2. The molecule has 2 atom stereocenters. The predicted molar refractivity (Wildman–Crippen MR) is 304 cm³/mol. The van der Waals surface area contributed by atoms with Crippen LogP contribution in [0.4, 0.5) is 0 Å². The molecule has 0 saturated carbocycles. The standard InChI is InChI=1S/C63H63Cl2N3O2S2/c1-2-59(69)61-55(47-34-36-56(64)57(65)44-47)45-54-35-37-58(61)68(54)40-21-39-67(41-43-72-63(51-28-15-6-16-29-51,52-30-17-7-18-31-52)53-32-19-8-20-33-53)46-60(70)66-38-42-71-62(48-22-9-3-10-23-48,49-24-11-4-12-25-49)50-26-13-5-14-27-50/h3-20,22-34,36,44,54,58H,2,21,35,37-43,45-46H2,1H3,(H,66,70)/t54?,58-/m1/s1. The molecule has 1 unspecified atom stereocenters. The minimum absolute atomic E-state index is 0.0221. The maximum Gasteiger partial charge on any atom is 0.234 e. The molecule has 9 rings (SSSR count). The quantitative estimate of drug-likeness (QED) is 0.0509. The molecule has 2 bridgehead atoms. The topological polar surface area (TPSA) is 52.7 Å². The van der Waals surface area contributed by atoms with Crippen molar-refractivity contribution in [1.29, 1.82) is 0 Å². The lowest BCUT2D eigenvalue weighted by atomic mass is 9.84. The minimum Gasteiger partial charge on any atom is -0.354 e. The van der Waals surface area contributed by atoms with Gasteiger partial charge in [0.2, 0.25) is 5.91 Å². The van der Waals surface area contributed by atoms with Crippen LogP contribution in [-0.2, 0) is 19.1 Å². The summed E-state index contributed by atoms with van der Waals surface area (Å²) in [4.78, 5) is 33.1. The Balaban J connectivity index is 0.946. The van der Waals surface area contributed by atoms with E-state index in [0.717, 1.165) is 61.2 Å². The zero-order chi connectivity index (χ0) is 49.8. The molecular formula is C63H63Cl2N3O2S2. The van der Waals surface area contributed by atoms with Crippen LogP contribution in [0.1, 0.15) is 78.0 Å². The lowest BCUT2D eigenvalue weighted by molar-refractivity contribution is -0.122. The van der Waals surface area contributed by atoms with Gasteiger partial charge in [-0.05, 0) is 88.9 Å². The molecule has 2 aliphatic rings. The van der Waals surface area contributed by atoms with E-state index >= 15 is 0 Å². The number of hydrogen-bond donors (Lipinski definition) is 1. The van der Waals surface area contributed by atoms with E-state index in [9.17, 15) is 9.59 Å².